The highest BCUT2D eigenvalue weighted by molar-refractivity contribution is 6.35. The lowest BCUT2D eigenvalue weighted by Gasteiger charge is -2.07. The second kappa shape index (κ2) is 3.31. The summed E-state index contributed by atoms with van der Waals surface area (Å²) in [6.07, 6.45) is 0. The Labute approximate surface area is 73.2 Å². The van der Waals surface area contributed by atoms with Crippen molar-refractivity contribution >= 4 is 13.3 Å². The van der Waals surface area contributed by atoms with Gasteiger partial charge in [-0.1, -0.05) is 11.0 Å². The Bertz CT molecular complexity index is 341. The second-order valence-electron chi connectivity index (χ2n) is 2.52. The Morgan fingerprint density at radius 2 is 2.17 bits per heavy atom. The summed E-state index contributed by atoms with van der Waals surface area (Å²) in [4.78, 5) is 0. The predicted molar refractivity (Wildman–Crippen MR) is 47.8 cm³/mol. The van der Waals surface area contributed by atoms with Crippen molar-refractivity contribution in [2.45, 2.75) is 6.92 Å². The van der Waals surface area contributed by atoms with E-state index in [9.17, 15) is 0 Å². The minimum absolute atomic E-state index is 0.562. The van der Waals surface area contributed by atoms with Crippen LogP contribution in [0.15, 0.2) is 12.1 Å². The average molecular weight is 157 g/mol. The number of aryl methyl sites for hydroxylation is 1. The third-order valence-corrected chi connectivity index (χ3v) is 1.70. The highest BCUT2D eigenvalue weighted by Crippen LogP contribution is 2.11. The van der Waals surface area contributed by atoms with Crippen molar-refractivity contribution in [1.82, 2.24) is 0 Å². The first-order valence-corrected chi connectivity index (χ1v) is 3.53. The van der Waals surface area contributed by atoms with Crippen molar-refractivity contribution < 1.29 is 4.74 Å². The van der Waals surface area contributed by atoms with Gasteiger partial charge in [-0.25, -0.2) is 0 Å². The second-order valence-corrected chi connectivity index (χ2v) is 2.52. The summed E-state index contributed by atoms with van der Waals surface area (Å²) in [5, 5.41) is 8.63. The van der Waals surface area contributed by atoms with Gasteiger partial charge in [-0.05, 0) is 19.1 Å². The van der Waals surface area contributed by atoms with E-state index in [1.807, 2.05) is 13.0 Å². The summed E-state index contributed by atoms with van der Waals surface area (Å²) in [7, 11) is 7.22. The number of hydrogen-bond acceptors (Lipinski definition) is 2. The number of rotatable bonds is 1. The first kappa shape index (κ1) is 8.67. The molecule has 1 rings (SSSR count). The monoisotopic (exact) mass is 157 g/mol. The highest BCUT2D eigenvalue weighted by Gasteiger charge is 2.02. The number of ether oxygens (including phenoxy) is 1. The maximum atomic E-state index is 8.63. The number of nitriles is 1. The van der Waals surface area contributed by atoms with Gasteiger partial charge in [0.25, 0.3) is 0 Å². The van der Waals surface area contributed by atoms with Gasteiger partial charge in [0.05, 0.1) is 18.7 Å². The molecule has 2 radical (unpaired) electrons. The molecule has 0 aliphatic carbocycles. The van der Waals surface area contributed by atoms with E-state index >= 15 is 0 Å². The first-order valence-electron chi connectivity index (χ1n) is 3.53. The van der Waals surface area contributed by atoms with E-state index in [4.69, 9.17) is 17.8 Å². The zero-order valence-electron chi connectivity index (χ0n) is 7.09. The molecule has 0 saturated heterocycles. The van der Waals surface area contributed by atoms with Crippen LogP contribution in [0.2, 0.25) is 0 Å². The predicted octanol–water partition coefficient (Wildman–Crippen LogP) is 0.669. The summed E-state index contributed by atoms with van der Waals surface area (Å²) in [6.45, 7) is 1.85. The standard InChI is InChI=1S/C9H8BNO/c1-6-3-7(5-11)4-8(12-2)9(6)10/h3-4H,1-2H3. The molecule has 3 heteroatoms. The van der Waals surface area contributed by atoms with E-state index in [0.29, 0.717) is 16.8 Å². The molecule has 0 aliphatic heterocycles. The molecule has 0 atom stereocenters. The Balaban J connectivity index is 3.31. The van der Waals surface area contributed by atoms with Gasteiger partial charge in [-0.2, -0.15) is 5.26 Å². The van der Waals surface area contributed by atoms with Crippen LogP contribution in [0.1, 0.15) is 11.1 Å². The molecule has 0 unspecified atom stereocenters. The van der Waals surface area contributed by atoms with Crippen LogP contribution in [0.3, 0.4) is 0 Å². The van der Waals surface area contributed by atoms with Crippen LogP contribution in [0, 0.1) is 18.3 Å². The largest absolute Gasteiger partial charge is 0.497 e. The lowest BCUT2D eigenvalue weighted by Crippen LogP contribution is -2.11. The van der Waals surface area contributed by atoms with E-state index in [2.05, 4.69) is 0 Å². The normalized spacial score (nSPS) is 9.08. The van der Waals surface area contributed by atoms with Gasteiger partial charge in [0.15, 0.2) is 0 Å². The molecule has 0 saturated carbocycles. The van der Waals surface area contributed by atoms with Crippen molar-refractivity contribution in [2.75, 3.05) is 7.11 Å². The fraction of sp³-hybridized carbons (Fsp3) is 0.222. The van der Waals surface area contributed by atoms with Crippen LogP contribution in [0.4, 0.5) is 0 Å². The summed E-state index contributed by atoms with van der Waals surface area (Å²) >= 11 is 0. The molecule has 12 heavy (non-hydrogen) atoms. The summed E-state index contributed by atoms with van der Waals surface area (Å²) in [6, 6.07) is 5.40. The van der Waals surface area contributed by atoms with Crippen LogP contribution >= 0.6 is 0 Å². The molecule has 0 N–H and O–H groups in total. The van der Waals surface area contributed by atoms with E-state index in [0.717, 1.165) is 5.56 Å². The van der Waals surface area contributed by atoms with Crippen LogP contribution < -0.4 is 10.2 Å². The minimum atomic E-state index is 0.562. The molecule has 0 aromatic heterocycles. The summed E-state index contributed by atoms with van der Waals surface area (Å²) < 4.78 is 4.99. The van der Waals surface area contributed by atoms with Crippen LogP contribution in [-0.4, -0.2) is 15.0 Å². The number of hydrogen-bond donors (Lipinski definition) is 0. The Kier molecular flexibility index (Phi) is 2.39. The molecule has 0 spiro atoms. The van der Waals surface area contributed by atoms with Gasteiger partial charge >= 0.3 is 0 Å². The molecule has 0 heterocycles. The SMILES string of the molecule is [B]c1c(C)cc(C#N)cc1OC. The average Bonchev–Trinajstić information content (AvgIpc) is 2.09. The van der Waals surface area contributed by atoms with E-state index in [1.54, 1.807) is 12.1 Å². The van der Waals surface area contributed by atoms with Gasteiger partial charge < -0.3 is 4.74 Å². The molecule has 0 aliphatic rings. The van der Waals surface area contributed by atoms with Gasteiger partial charge in [0, 0.05) is 0 Å². The first-order chi connectivity index (χ1) is 5.69. The van der Waals surface area contributed by atoms with E-state index < -0.39 is 0 Å². The molecule has 0 amide bonds. The van der Waals surface area contributed by atoms with Crippen molar-refractivity contribution in [2.24, 2.45) is 0 Å². The molecule has 0 bridgehead atoms. The molecule has 2 nitrogen and oxygen atoms in total. The van der Waals surface area contributed by atoms with Crippen molar-refractivity contribution in [3.8, 4) is 11.8 Å². The number of methoxy groups -OCH3 is 1. The number of benzene rings is 1. The quantitative estimate of drug-likeness (QED) is 0.561. The molecule has 58 valence electrons. The lowest BCUT2D eigenvalue weighted by molar-refractivity contribution is 0.418. The molecular weight excluding hydrogens is 149 g/mol. The van der Waals surface area contributed by atoms with E-state index in [1.165, 1.54) is 7.11 Å². The zero-order valence-corrected chi connectivity index (χ0v) is 7.09. The highest BCUT2D eigenvalue weighted by atomic mass is 16.5. The lowest BCUT2D eigenvalue weighted by atomic mass is 9.89. The van der Waals surface area contributed by atoms with Crippen molar-refractivity contribution in [3.05, 3.63) is 23.3 Å². The van der Waals surface area contributed by atoms with Crippen LogP contribution in [0.5, 0.6) is 5.75 Å². The Hall–Kier alpha value is -1.43. The molecular formula is C9H8BNO. The zero-order chi connectivity index (χ0) is 9.14. The van der Waals surface area contributed by atoms with Gasteiger partial charge in [-0.3, -0.25) is 0 Å². The minimum Gasteiger partial charge on any atom is -0.497 e. The fourth-order valence-electron chi connectivity index (χ4n) is 0.999. The topological polar surface area (TPSA) is 33.0 Å². The third kappa shape index (κ3) is 1.43. The van der Waals surface area contributed by atoms with Gasteiger partial charge in [0.1, 0.15) is 13.6 Å². The van der Waals surface area contributed by atoms with Crippen molar-refractivity contribution in [3.63, 3.8) is 0 Å². The van der Waals surface area contributed by atoms with Crippen LogP contribution in [0.25, 0.3) is 0 Å². The number of nitrogens with zero attached hydrogens (tertiary/aromatic N) is 1. The molecule has 1 aromatic carbocycles. The third-order valence-electron chi connectivity index (χ3n) is 1.70. The summed E-state index contributed by atoms with van der Waals surface area (Å²) in [5.74, 6) is 0.562. The maximum absolute atomic E-state index is 8.63. The molecule has 1 aromatic rings. The van der Waals surface area contributed by atoms with Gasteiger partial charge in [0.2, 0.25) is 0 Å². The molecule has 0 fully saturated rings. The Morgan fingerprint density at radius 1 is 1.50 bits per heavy atom. The van der Waals surface area contributed by atoms with Gasteiger partial charge in [-0.15, -0.1) is 0 Å². The smallest absolute Gasteiger partial charge is 0.119 e. The van der Waals surface area contributed by atoms with Crippen molar-refractivity contribution in [1.29, 1.82) is 5.26 Å². The Morgan fingerprint density at radius 3 is 2.67 bits per heavy atom. The fourth-order valence-corrected chi connectivity index (χ4v) is 0.999. The summed E-state index contributed by atoms with van der Waals surface area (Å²) in [5.41, 5.74) is 2.03. The van der Waals surface area contributed by atoms with E-state index in [-0.39, 0.29) is 0 Å². The maximum Gasteiger partial charge on any atom is 0.119 e. The van der Waals surface area contributed by atoms with Crippen LogP contribution in [-0.2, 0) is 0 Å².